The number of anilines is 1. The number of benzene rings is 1. The van der Waals surface area contributed by atoms with Gasteiger partial charge in [-0.3, -0.25) is 4.90 Å². The Bertz CT molecular complexity index is 780. The van der Waals surface area contributed by atoms with Crippen LogP contribution in [0.4, 0.5) is 14.5 Å². The predicted molar refractivity (Wildman–Crippen MR) is 118 cm³/mol. The second kappa shape index (κ2) is 11.7. The number of likely N-dealkylation sites (N-methyl/N-ethyl adjacent to an activating group) is 1. The molecular weight excluding hydrogens is 388 g/mol. The first-order valence-corrected chi connectivity index (χ1v) is 10.5. The molecular formula is C23H35F2N3O2. The quantitative estimate of drug-likeness (QED) is 0.402. The summed E-state index contributed by atoms with van der Waals surface area (Å²) >= 11 is 0. The van der Waals surface area contributed by atoms with Gasteiger partial charge in [0.05, 0.1) is 23.9 Å². The zero-order valence-corrected chi connectivity index (χ0v) is 19.0. The fourth-order valence-corrected chi connectivity index (χ4v) is 3.52. The number of carbonyl (C=O) groups is 1. The number of hydrogen-bond acceptors (Lipinski definition) is 5. The van der Waals surface area contributed by atoms with E-state index in [0.29, 0.717) is 12.1 Å². The summed E-state index contributed by atoms with van der Waals surface area (Å²) in [7, 11) is 1.77. The lowest BCUT2D eigenvalue weighted by Crippen LogP contribution is -2.45. The highest BCUT2D eigenvalue weighted by molar-refractivity contribution is 5.90. The van der Waals surface area contributed by atoms with Crippen LogP contribution in [0.25, 0.3) is 0 Å². The SMILES string of the molecule is C=CN1CC(c2c(F)ccc(N)c2F)N(C)C/C1=C(\C(=O)OCC)C(C)CC.CC. The van der Waals surface area contributed by atoms with Gasteiger partial charge in [0.2, 0.25) is 0 Å². The van der Waals surface area contributed by atoms with Crippen molar-refractivity contribution in [2.24, 2.45) is 5.92 Å². The first-order valence-electron chi connectivity index (χ1n) is 10.5. The van der Waals surface area contributed by atoms with Crippen LogP contribution in [0.2, 0.25) is 0 Å². The number of carbonyl (C=O) groups excluding carboxylic acids is 1. The van der Waals surface area contributed by atoms with E-state index in [9.17, 15) is 13.6 Å². The van der Waals surface area contributed by atoms with Gasteiger partial charge in [-0.1, -0.05) is 34.3 Å². The van der Waals surface area contributed by atoms with Crippen LogP contribution in [0.5, 0.6) is 0 Å². The Labute approximate surface area is 179 Å². The van der Waals surface area contributed by atoms with Crippen molar-refractivity contribution < 1.29 is 18.3 Å². The molecule has 5 nitrogen and oxygen atoms in total. The van der Waals surface area contributed by atoms with Gasteiger partial charge >= 0.3 is 5.97 Å². The minimum absolute atomic E-state index is 0.0257. The Hall–Kier alpha value is -2.41. The van der Waals surface area contributed by atoms with Crippen molar-refractivity contribution in [1.29, 1.82) is 0 Å². The van der Waals surface area contributed by atoms with Crippen molar-refractivity contribution in [1.82, 2.24) is 9.80 Å². The second-order valence-corrected chi connectivity index (χ2v) is 7.02. The van der Waals surface area contributed by atoms with E-state index in [1.54, 1.807) is 25.1 Å². The Morgan fingerprint density at radius 3 is 2.53 bits per heavy atom. The third-order valence-electron chi connectivity index (χ3n) is 5.27. The molecule has 1 aliphatic rings. The van der Waals surface area contributed by atoms with Crippen LogP contribution in [0.1, 0.15) is 52.6 Å². The summed E-state index contributed by atoms with van der Waals surface area (Å²) in [5.41, 5.74) is 6.80. The van der Waals surface area contributed by atoms with Gasteiger partial charge < -0.3 is 15.4 Å². The molecule has 1 aromatic rings. The maximum atomic E-state index is 14.6. The molecule has 0 radical (unpaired) electrons. The number of piperazine rings is 1. The average Bonchev–Trinajstić information content (AvgIpc) is 2.74. The molecule has 0 aliphatic carbocycles. The normalized spacial score (nSPS) is 19.5. The zero-order valence-electron chi connectivity index (χ0n) is 19.0. The Morgan fingerprint density at radius 2 is 2.00 bits per heavy atom. The van der Waals surface area contributed by atoms with E-state index in [1.165, 1.54) is 12.1 Å². The fourth-order valence-electron chi connectivity index (χ4n) is 3.52. The Balaban J connectivity index is 0.00000218. The van der Waals surface area contributed by atoms with Crippen LogP contribution < -0.4 is 5.73 Å². The number of ether oxygens (including phenoxy) is 1. The van der Waals surface area contributed by atoms with E-state index in [-0.39, 0.29) is 36.3 Å². The molecule has 1 aliphatic heterocycles. The van der Waals surface area contributed by atoms with E-state index in [4.69, 9.17) is 10.5 Å². The van der Waals surface area contributed by atoms with E-state index in [2.05, 4.69) is 6.58 Å². The fraction of sp³-hybridized carbons (Fsp3) is 0.522. The zero-order chi connectivity index (χ0) is 23.0. The molecule has 2 unspecified atom stereocenters. The van der Waals surface area contributed by atoms with Gasteiger partial charge in [0.15, 0.2) is 5.82 Å². The summed E-state index contributed by atoms with van der Waals surface area (Å²) in [6.45, 7) is 14.4. The highest BCUT2D eigenvalue weighted by atomic mass is 19.1. The number of hydrogen-bond donors (Lipinski definition) is 1. The highest BCUT2D eigenvalue weighted by Crippen LogP contribution is 2.35. The van der Waals surface area contributed by atoms with Gasteiger partial charge in [-0.05, 0) is 44.6 Å². The van der Waals surface area contributed by atoms with Crippen LogP contribution in [0.15, 0.2) is 36.2 Å². The largest absolute Gasteiger partial charge is 0.463 e. The van der Waals surface area contributed by atoms with E-state index in [0.717, 1.165) is 12.1 Å². The number of nitrogens with zero attached hydrogens (tertiary/aromatic N) is 2. The molecule has 1 aromatic carbocycles. The van der Waals surface area contributed by atoms with Gasteiger partial charge in [0, 0.05) is 24.4 Å². The minimum atomic E-state index is -0.749. The number of halogens is 2. The molecule has 0 saturated carbocycles. The van der Waals surface area contributed by atoms with Crippen molar-refractivity contribution in [2.75, 3.05) is 32.5 Å². The molecule has 2 rings (SSSR count). The van der Waals surface area contributed by atoms with Crippen LogP contribution in [0, 0.1) is 17.6 Å². The third-order valence-corrected chi connectivity index (χ3v) is 5.27. The Kier molecular flexibility index (Phi) is 9.99. The average molecular weight is 424 g/mol. The van der Waals surface area contributed by atoms with Crippen molar-refractivity contribution in [2.45, 2.75) is 47.1 Å². The molecule has 7 heteroatoms. The molecule has 0 aromatic heterocycles. The number of nitrogens with two attached hydrogens (primary N) is 1. The molecule has 0 spiro atoms. The summed E-state index contributed by atoms with van der Waals surface area (Å²) in [4.78, 5) is 16.2. The van der Waals surface area contributed by atoms with E-state index >= 15 is 0 Å². The lowest BCUT2D eigenvalue weighted by atomic mass is 9.92. The molecule has 2 atom stereocenters. The molecule has 1 fully saturated rings. The van der Waals surface area contributed by atoms with Gasteiger partial charge in [0.25, 0.3) is 0 Å². The van der Waals surface area contributed by atoms with Crippen LogP contribution in [-0.4, -0.2) is 42.5 Å². The molecule has 2 N–H and O–H groups in total. The maximum Gasteiger partial charge on any atom is 0.336 e. The van der Waals surface area contributed by atoms with Gasteiger partial charge in [0.1, 0.15) is 5.82 Å². The molecule has 168 valence electrons. The summed E-state index contributed by atoms with van der Waals surface area (Å²) in [5, 5.41) is 0. The summed E-state index contributed by atoms with van der Waals surface area (Å²) in [5.74, 6) is -1.79. The molecule has 1 saturated heterocycles. The van der Waals surface area contributed by atoms with Gasteiger partial charge in [-0.15, -0.1) is 0 Å². The minimum Gasteiger partial charge on any atom is -0.463 e. The molecule has 0 amide bonds. The Morgan fingerprint density at radius 1 is 1.37 bits per heavy atom. The first kappa shape index (κ1) is 25.6. The van der Waals surface area contributed by atoms with Gasteiger partial charge in [-0.25, -0.2) is 13.6 Å². The van der Waals surface area contributed by atoms with Crippen molar-refractivity contribution in [3.8, 4) is 0 Å². The van der Waals surface area contributed by atoms with E-state index in [1.807, 2.05) is 32.6 Å². The summed E-state index contributed by atoms with van der Waals surface area (Å²) in [6, 6.07) is 1.81. The molecule has 0 bridgehead atoms. The molecule has 30 heavy (non-hydrogen) atoms. The number of esters is 1. The number of rotatable bonds is 6. The monoisotopic (exact) mass is 423 g/mol. The molecule has 1 heterocycles. The topological polar surface area (TPSA) is 58.8 Å². The standard InChI is InChI=1S/C21H29F2N3O2.C2H6/c1-6-13(4)18(21(27)28-8-3)17-11-25(5)16(12-26(17)7-2)19-14(22)9-10-15(24)20(19)23;1-2/h7,9-10,13,16H,2,6,8,11-12,24H2,1,3-5H3;1-2H3/b18-17+;. The lowest BCUT2D eigenvalue weighted by Gasteiger charge is -2.42. The maximum absolute atomic E-state index is 14.6. The van der Waals surface area contributed by atoms with Crippen LogP contribution in [0.3, 0.4) is 0 Å². The summed E-state index contributed by atoms with van der Waals surface area (Å²) in [6.07, 6.45) is 2.34. The van der Waals surface area contributed by atoms with Crippen molar-refractivity contribution >= 4 is 11.7 Å². The summed E-state index contributed by atoms with van der Waals surface area (Å²) < 4.78 is 34.3. The smallest absolute Gasteiger partial charge is 0.336 e. The van der Waals surface area contributed by atoms with Crippen molar-refractivity contribution in [3.05, 3.63) is 53.4 Å². The lowest BCUT2D eigenvalue weighted by molar-refractivity contribution is -0.139. The predicted octanol–water partition coefficient (Wildman–Crippen LogP) is 4.87. The van der Waals surface area contributed by atoms with Crippen LogP contribution in [-0.2, 0) is 9.53 Å². The van der Waals surface area contributed by atoms with Crippen molar-refractivity contribution in [3.63, 3.8) is 0 Å². The first-order chi connectivity index (χ1) is 14.3. The second-order valence-electron chi connectivity index (χ2n) is 7.02. The third kappa shape index (κ3) is 5.39. The number of nitrogen functional groups attached to an aromatic ring is 1. The highest BCUT2D eigenvalue weighted by Gasteiger charge is 2.35. The van der Waals surface area contributed by atoms with Gasteiger partial charge in [-0.2, -0.15) is 0 Å². The van der Waals surface area contributed by atoms with E-state index < -0.39 is 17.7 Å². The van der Waals surface area contributed by atoms with Crippen LogP contribution >= 0.6 is 0 Å².